The zero-order chi connectivity index (χ0) is 11.2. The molecule has 3 rings (SSSR count). The minimum atomic E-state index is -0.622. The van der Waals surface area contributed by atoms with E-state index in [4.69, 9.17) is 4.74 Å². The molecule has 1 aromatic rings. The molecular weight excluding hydrogens is 268 g/mol. The quantitative estimate of drug-likeness (QED) is 0.919. The summed E-state index contributed by atoms with van der Waals surface area (Å²) in [6.07, 6.45) is 4.26. The van der Waals surface area contributed by atoms with E-state index in [-0.39, 0.29) is 0 Å². The third-order valence-electron chi connectivity index (χ3n) is 3.35. The van der Waals surface area contributed by atoms with Crippen LogP contribution in [0, 0.1) is 5.92 Å². The fourth-order valence-corrected chi connectivity index (χ4v) is 2.38. The zero-order valence-corrected chi connectivity index (χ0v) is 10.7. The first-order valence-electron chi connectivity index (χ1n) is 5.83. The van der Waals surface area contributed by atoms with Crippen LogP contribution in [0.1, 0.15) is 31.2 Å². The van der Waals surface area contributed by atoms with Crippen LogP contribution < -0.4 is 4.74 Å². The van der Waals surface area contributed by atoms with Gasteiger partial charge in [-0.15, -0.1) is 0 Å². The minimum absolute atomic E-state index is 0.622. The zero-order valence-electron chi connectivity index (χ0n) is 9.08. The normalized spacial score (nSPS) is 21.9. The first-order valence-corrected chi connectivity index (χ1v) is 6.62. The molecule has 0 saturated heterocycles. The van der Waals surface area contributed by atoms with E-state index in [0.717, 1.165) is 41.2 Å². The molecule has 0 amide bonds. The molecule has 2 aliphatic carbocycles. The second kappa shape index (κ2) is 3.74. The summed E-state index contributed by atoms with van der Waals surface area (Å²) < 4.78 is 6.80. The summed E-state index contributed by atoms with van der Waals surface area (Å²) >= 11 is 3.50. The van der Waals surface area contributed by atoms with Crippen molar-refractivity contribution in [2.75, 3.05) is 6.61 Å². The summed E-state index contributed by atoms with van der Waals surface area (Å²) in [5.74, 6) is 1.57. The molecule has 1 aromatic carbocycles. The minimum Gasteiger partial charge on any atom is -0.492 e. The van der Waals surface area contributed by atoms with Gasteiger partial charge in [0.05, 0.1) is 16.7 Å². The van der Waals surface area contributed by atoms with Crippen LogP contribution in [0.3, 0.4) is 0 Å². The highest BCUT2D eigenvalue weighted by molar-refractivity contribution is 9.10. The summed E-state index contributed by atoms with van der Waals surface area (Å²) in [6.45, 7) is 0.783. The number of hydrogen-bond donors (Lipinski definition) is 1. The van der Waals surface area contributed by atoms with E-state index in [9.17, 15) is 5.11 Å². The topological polar surface area (TPSA) is 29.5 Å². The second-order valence-corrected chi connectivity index (χ2v) is 5.76. The van der Waals surface area contributed by atoms with E-state index in [1.807, 2.05) is 18.2 Å². The fraction of sp³-hybridized carbons (Fsp3) is 0.538. The number of para-hydroxylation sites is 1. The third-order valence-corrected chi connectivity index (χ3v) is 3.98. The molecule has 0 aliphatic heterocycles. The Morgan fingerprint density at radius 1 is 1.38 bits per heavy atom. The van der Waals surface area contributed by atoms with Crippen LogP contribution >= 0.6 is 15.9 Å². The highest BCUT2D eigenvalue weighted by Crippen LogP contribution is 2.50. The summed E-state index contributed by atoms with van der Waals surface area (Å²) in [6, 6.07) is 5.90. The average molecular weight is 283 g/mol. The van der Waals surface area contributed by atoms with Crippen molar-refractivity contribution >= 4 is 15.9 Å². The Kier molecular flexibility index (Phi) is 2.48. The lowest BCUT2D eigenvalue weighted by Gasteiger charge is -2.16. The van der Waals surface area contributed by atoms with Crippen LogP contribution in [0.4, 0.5) is 0 Å². The fourth-order valence-electron chi connectivity index (χ4n) is 1.90. The number of halogens is 1. The van der Waals surface area contributed by atoms with Crippen LogP contribution in [0.2, 0.25) is 0 Å². The molecule has 16 heavy (non-hydrogen) atoms. The van der Waals surface area contributed by atoms with Crippen molar-refractivity contribution in [1.82, 2.24) is 0 Å². The molecular formula is C13H15BrO2. The van der Waals surface area contributed by atoms with Crippen molar-refractivity contribution < 1.29 is 9.84 Å². The van der Waals surface area contributed by atoms with Gasteiger partial charge in [-0.25, -0.2) is 0 Å². The van der Waals surface area contributed by atoms with Crippen molar-refractivity contribution in [1.29, 1.82) is 0 Å². The van der Waals surface area contributed by atoms with Gasteiger partial charge in [0.15, 0.2) is 0 Å². The number of rotatable bonds is 4. The van der Waals surface area contributed by atoms with E-state index >= 15 is 0 Å². The summed E-state index contributed by atoms with van der Waals surface area (Å²) in [4.78, 5) is 0. The predicted molar refractivity (Wildman–Crippen MR) is 65.5 cm³/mol. The molecule has 0 aromatic heterocycles. The highest BCUT2D eigenvalue weighted by atomic mass is 79.9. The lowest BCUT2D eigenvalue weighted by Crippen LogP contribution is -2.09. The summed E-state index contributed by atoms with van der Waals surface area (Å²) in [7, 11) is 0. The van der Waals surface area contributed by atoms with Gasteiger partial charge < -0.3 is 9.84 Å². The lowest BCUT2D eigenvalue weighted by atomic mass is 10.1. The molecule has 2 fully saturated rings. The van der Waals surface area contributed by atoms with Crippen LogP contribution in [0.15, 0.2) is 22.7 Å². The van der Waals surface area contributed by atoms with Gasteiger partial charge in [-0.1, -0.05) is 12.1 Å². The molecule has 0 bridgehead atoms. The van der Waals surface area contributed by atoms with Gasteiger partial charge in [0.1, 0.15) is 5.75 Å². The van der Waals surface area contributed by atoms with Gasteiger partial charge in [-0.2, -0.15) is 0 Å². The Hall–Kier alpha value is -0.540. The molecule has 0 unspecified atom stereocenters. The highest BCUT2D eigenvalue weighted by Gasteiger charge is 2.44. The summed E-state index contributed by atoms with van der Waals surface area (Å²) in [5.41, 5.74) is 0.324. The maximum Gasteiger partial charge on any atom is 0.139 e. The van der Waals surface area contributed by atoms with Gasteiger partial charge in [0, 0.05) is 5.56 Å². The van der Waals surface area contributed by atoms with Crippen LogP contribution in [-0.2, 0) is 5.60 Å². The molecule has 3 heteroatoms. The maximum atomic E-state index is 10.2. The van der Waals surface area contributed by atoms with E-state index < -0.39 is 5.60 Å². The van der Waals surface area contributed by atoms with Gasteiger partial charge in [-0.3, -0.25) is 0 Å². The Labute approximate surface area is 104 Å². The molecule has 2 saturated carbocycles. The summed E-state index contributed by atoms with van der Waals surface area (Å²) in [5, 5.41) is 10.2. The van der Waals surface area contributed by atoms with E-state index in [0.29, 0.717) is 0 Å². The van der Waals surface area contributed by atoms with Crippen molar-refractivity contribution in [3.63, 3.8) is 0 Å². The monoisotopic (exact) mass is 282 g/mol. The lowest BCUT2D eigenvalue weighted by molar-refractivity contribution is 0.145. The standard InChI is InChI=1S/C13H15BrO2/c14-11-3-1-2-10(13(15)6-7-13)12(11)16-8-9-4-5-9/h1-3,9,15H,4-8H2. The predicted octanol–water partition coefficient (Wildman–Crippen LogP) is 3.22. The van der Waals surface area contributed by atoms with Crippen molar-refractivity contribution in [2.45, 2.75) is 31.3 Å². The van der Waals surface area contributed by atoms with Gasteiger partial charge in [0.25, 0.3) is 0 Å². The smallest absolute Gasteiger partial charge is 0.139 e. The molecule has 86 valence electrons. The average Bonchev–Trinajstić information content (AvgIpc) is 3.13. The molecule has 0 spiro atoms. The van der Waals surface area contributed by atoms with Crippen LogP contribution in [0.5, 0.6) is 5.75 Å². The van der Waals surface area contributed by atoms with Gasteiger partial charge in [-0.05, 0) is 53.6 Å². The van der Waals surface area contributed by atoms with Crippen molar-refractivity contribution in [3.05, 3.63) is 28.2 Å². The number of ether oxygens (including phenoxy) is 1. The number of benzene rings is 1. The Bertz CT molecular complexity index is 408. The molecule has 1 N–H and O–H groups in total. The van der Waals surface area contributed by atoms with Crippen molar-refractivity contribution in [3.8, 4) is 5.75 Å². The Morgan fingerprint density at radius 3 is 2.75 bits per heavy atom. The molecule has 2 nitrogen and oxygen atoms in total. The van der Waals surface area contributed by atoms with Crippen LogP contribution in [-0.4, -0.2) is 11.7 Å². The molecule has 0 heterocycles. The van der Waals surface area contributed by atoms with Gasteiger partial charge in [0.2, 0.25) is 0 Å². The van der Waals surface area contributed by atoms with E-state index in [2.05, 4.69) is 15.9 Å². The number of aliphatic hydroxyl groups is 1. The van der Waals surface area contributed by atoms with Crippen molar-refractivity contribution in [2.24, 2.45) is 5.92 Å². The number of hydrogen-bond acceptors (Lipinski definition) is 2. The SMILES string of the molecule is OC1(c2cccc(Br)c2OCC2CC2)CC1. The van der Waals surface area contributed by atoms with E-state index in [1.165, 1.54) is 12.8 Å². The first-order chi connectivity index (χ1) is 7.69. The van der Waals surface area contributed by atoms with Crippen LogP contribution in [0.25, 0.3) is 0 Å². The second-order valence-electron chi connectivity index (χ2n) is 4.90. The van der Waals surface area contributed by atoms with E-state index in [1.54, 1.807) is 0 Å². The maximum absolute atomic E-state index is 10.2. The molecule has 2 aliphatic rings. The van der Waals surface area contributed by atoms with Gasteiger partial charge >= 0.3 is 0 Å². The Morgan fingerprint density at radius 2 is 2.12 bits per heavy atom. The first kappa shape index (κ1) is 10.6. The largest absolute Gasteiger partial charge is 0.492 e. The third kappa shape index (κ3) is 1.98. The Balaban J connectivity index is 1.86. The molecule has 0 radical (unpaired) electrons. The molecule has 0 atom stereocenters.